The van der Waals surface area contributed by atoms with E-state index in [1.54, 1.807) is 0 Å². The predicted octanol–water partition coefficient (Wildman–Crippen LogP) is 4.09. The van der Waals surface area contributed by atoms with Gasteiger partial charge in [0, 0.05) is 25.3 Å². The number of benzene rings is 1. The van der Waals surface area contributed by atoms with E-state index in [4.69, 9.17) is 0 Å². The summed E-state index contributed by atoms with van der Waals surface area (Å²) in [5.41, 5.74) is 4.72. The van der Waals surface area contributed by atoms with Gasteiger partial charge in [-0.3, -0.25) is 9.78 Å². The normalized spacial score (nSPS) is 18.0. The number of hydrogen-bond donors (Lipinski definition) is 1. The van der Waals surface area contributed by atoms with Crippen molar-refractivity contribution in [1.82, 2.24) is 10.3 Å². The minimum Gasteiger partial charge on any atom is -0.368 e. The number of aromatic nitrogens is 1. The summed E-state index contributed by atoms with van der Waals surface area (Å²) in [5.74, 6) is 0.624. The van der Waals surface area contributed by atoms with Gasteiger partial charge in [-0.1, -0.05) is 38.1 Å². The summed E-state index contributed by atoms with van der Waals surface area (Å²) >= 11 is 0. The van der Waals surface area contributed by atoms with Crippen LogP contribution in [-0.2, 0) is 11.2 Å². The van der Waals surface area contributed by atoms with E-state index < -0.39 is 0 Å². The van der Waals surface area contributed by atoms with E-state index in [0.717, 1.165) is 42.7 Å². The number of nitrogens with one attached hydrogen (secondary N) is 1. The molecule has 1 aliphatic heterocycles. The summed E-state index contributed by atoms with van der Waals surface area (Å²) in [6, 6.07) is 10.9. The predicted molar refractivity (Wildman–Crippen MR) is 111 cm³/mol. The van der Waals surface area contributed by atoms with Crippen molar-refractivity contribution in [1.29, 1.82) is 0 Å². The molecular formula is C23H31N3O. The summed E-state index contributed by atoms with van der Waals surface area (Å²) in [7, 11) is 0. The first-order chi connectivity index (χ1) is 12.9. The van der Waals surface area contributed by atoms with E-state index >= 15 is 0 Å². The van der Waals surface area contributed by atoms with Crippen molar-refractivity contribution in [3.63, 3.8) is 0 Å². The average molecular weight is 366 g/mol. The second-order valence-corrected chi connectivity index (χ2v) is 8.22. The summed E-state index contributed by atoms with van der Waals surface area (Å²) in [5, 5.41) is 3.24. The van der Waals surface area contributed by atoms with Crippen LogP contribution in [-0.4, -0.2) is 30.0 Å². The van der Waals surface area contributed by atoms with Gasteiger partial charge in [-0.25, -0.2) is 0 Å². The third-order valence-corrected chi connectivity index (χ3v) is 5.28. The number of amides is 1. The van der Waals surface area contributed by atoms with Gasteiger partial charge in [0.2, 0.25) is 5.91 Å². The number of nitrogens with zero attached hydrogens (tertiary/aromatic N) is 2. The van der Waals surface area contributed by atoms with Gasteiger partial charge in [-0.15, -0.1) is 0 Å². The van der Waals surface area contributed by atoms with Crippen molar-refractivity contribution >= 4 is 11.6 Å². The van der Waals surface area contributed by atoms with Crippen molar-refractivity contribution in [2.75, 3.05) is 18.0 Å². The third kappa shape index (κ3) is 5.09. The molecule has 0 aliphatic carbocycles. The van der Waals surface area contributed by atoms with E-state index in [1.165, 1.54) is 5.56 Å². The number of pyridine rings is 1. The molecular weight excluding hydrogens is 334 g/mol. The lowest BCUT2D eigenvalue weighted by atomic mass is 9.96. The van der Waals surface area contributed by atoms with Gasteiger partial charge in [0.25, 0.3) is 0 Å². The minimum atomic E-state index is -0.132. The molecule has 144 valence electrons. The second-order valence-electron chi connectivity index (χ2n) is 8.22. The fraction of sp³-hybridized carbons (Fsp3) is 0.478. The van der Waals surface area contributed by atoms with Crippen LogP contribution in [0.5, 0.6) is 0 Å². The van der Waals surface area contributed by atoms with Crippen LogP contribution in [0.25, 0.3) is 0 Å². The van der Waals surface area contributed by atoms with Crippen LogP contribution < -0.4 is 10.2 Å². The molecule has 1 aromatic carbocycles. The van der Waals surface area contributed by atoms with Crippen LogP contribution >= 0.6 is 0 Å². The van der Waals surface area contributed by atoms with Crippen LogP contribution in [0, 0.1) is 12.8 Å². The minimum absolute atomic E-state index is 0.112. The Kier molecular flexibility index (Phi) is 6.15. The highest BCUT2D eigenvalue weighted by Crippen LogP contribution is 2.22. The number of hydrogen-bond acceptors (Lipinski definition) is 3. The van der Waals surface area contributed by atoms with Crippen LogP contribution in [0.2, 0.25) is 0 Å². The maximum atomic E-state index is 12.7. The smallest absolute Gasteiger partial charge is 0.227 e. The fourth-order valence-corrected chi connectivity index (χ4v) is 3.72. The molecule has 2 heterocycles. The van der Waals surface area contributed by atoms with Gasteiger partial charge in [-0.2, -0.15) is 0 Å². The molecule has 4 nitrogen and oxygen atoms in total. The molecule has 2 atom stereocenters. The molecule has 0 unspecified atom stereocenters. The molecule has 0 spiro atoms. The van der Waals surface area contributed by atoms with Crippen molar-refractivity contribution in [2.24, 2.45) is 5.92 Å². The molecule has 1 aliphatic rings. The Labute approximate surface area is 163 Å². The number of carbonyl (C=O) groups is 1. The molecule has 1 saturated heterocycles. The van der Waals surface area contributed by atoms with E-state index in [1.807, 2.05) is 19.3 Å². The first-order valence-electron chi connectivity index (χ1n) is 9.98. The zero-order valence-corrected chi connectivity index (χ0v) is 16.9. The molecule has 27 heavy (non-hydrogen) atoms. The quantitative estimate of drug-likeness (QED) is 0.839. The molecule has 1 N–H and O–H groups in total. The molecule has 1 aromatic heterocycles. The lowest BCUT2D eigenvalue weighted by Crippen LogP contribution is -2.39. The van der Waals surface area contributed by atoms with E-state index in [2.05, 4.69) is 66.3 Å². The van der Waals surface area contributed by atoms with Crippen LogP contribution in [0.4, 0.5) is 5.69 Å². The average Bonchev–Trinajstić information content (AvgIpc) is 3.10. The first-order valence-corrected chi connectivity index (χ1v) is 9.98. The van der Waals surface area contributed by atoms with Crippen molar-refractivity contribution < 1.29 is 4.79 Å². The SMILES string of the molecule is Cc1cncc(N2CC[C@@H](NC(=O)[C@@H](C)c3ccc(CC(C)C)cc3)C2)c1. The molecule has 1 amide bonds. The summed E-state index contributed by atoms with van der Waals surface area (Å²) in [6.07, 6.45) is 5.82. The van der Waals surface area contributed by atoms with Gasteiger partial charge >= 0.3 is 0 Å². The molecule has 4 heteroatoms. The lowest BCUT2D eigenvalue weighted by molar-refractivity contribution is -0.122. The third-order valence-electron chi connectivity index (χ3n) is 5.28. The molecule has 0 bridgehead atoms. The van der Waals surface area contributed by atoms with Crippen molar-refractivity contribution in [3.8, 4) is 0 Å². The van der Waals surface area contributed by atoms with Gasteiger partial charge in [0.05, 0.1) is 17.8 Å². The monoisotopic (exact) mass is 365 g/mol. The van der Waals surface area contributed by atoms with Gasteiger partial charge in [0.1, 0.15) is 0 Å². The zero-order chi connectivity index (χ0) is 19.4. The van der Waals surface area contributed by atoms with Crippen molar-refractivity contribution in [3.05, 3.63) is 59.4 Å². The zero-order valence-electron chi connectivity index (χ0n) is 16.9. The highest BCUT2D eigenvalue weighted by Gasteiger charge is 2.26. The Morgan fingerprint density at radius 2 is 1.96 bits per heavy atom. The molecule has 1 fully saturated rings. The van der Waals surface area contributed by atoms with Gasteiger partial charge < -0.3 is 10.2 Å². The number of rotatable bonds is 6. The van der Waals surface area contributed by atoms with E-state index in [-0.39, 0.29) is 17.9 Å². The largest absolute Gasteiger partial charge is 0.368 e. The maximum Gasteiger partial charge on any atom is 0.227 e. The number of carbonyl (C=O) groups excluding carboxylic acids is 1. The topological polar surface area (TPSA) is 45.2 Å². The fourth-order valence-electron chi connectivity index (χ4n) is 3.72. The molecule has 3 rings (SSSR count). The van der Waals surface area contributed by atoms with E-state index in [0.29, 0.717) is 5.92 Å². The molecule has 0 saturated carbocycles. The number of anilines is 1. The Bertz CT molecular complexity index is 769. The van der Waals surface area contributed by atoms with Gasteiger partial charge in [-0.05, 0) is 55.4 Å². The summed E-state index contributed by atoms with van der Waals surface area (Å²) in [4.78, 5) is 19.3. The van der Waals surface area contributed by atoms with Crippen LogP contribution in [0.15, 0.2) is 42.7 Å². The summed E-state index contributed by atoms with van der Waals surface area (Å²) < 4.78 is 0. The molecule has 2 aromatic rings. The second kappa shape index (κ2) is 8.55. The Morgan fingerprint density at radius 3 is 2.63 bits per heavy atom. The molecule has 0 radical (unpaired) electrons. The van der Waals surface area contributed by atoms with Crippen LogP contribution in [0.1, 0.15) is 49.8 Å². The van der Waals surface area contributed by atoms with Crippen molar-refractivity contribution in [2.45, 2.75) is 52.5 Å². The Hall–Kier alpha value is -2.36. The van der Waals surface area contributed by atoms with E-state index in [9.17, 15) is 4.79 Å². The summed E-state index contributed by atoms with van der Waals surface area (Å²) in [6.45, 7) is 10.3. The van der Waals surface area contributed by atoms with Gasteiger partial charge in [0.15, 0.2) is 0 Å². The Morgan fingerprint density at radius 1 is 1.22 bits per heavy atom. The maximum absolute atomic E-state index is 12.7. The standard InChI is InChI=1S/C23H31N3O/c1-16(2)11-19-5-7-20(8-6-19)18(4)23(27)25-21-9-10-26(15-21)22-12-17(3)13-24-14-22/h5-8,12-14,16,18,21H,9-11,15H2,1-4H3,(H,25,27)/t18-,21+/m0/s1. The highest BCUT2D eigenvalue weighted by atomic mass is 16.1. The lowest BCUT2D eigenvalue weighted by Gasteiger charge is -2.20. The van der Waals surface area contributed by atoms with Crippen LogP contribution in [0.3, 0.4) is 0 Å². The highest BCUT2D eigenvalue weighted by molar-refractivity contribution is 5.83. The first kappa shape index (κ1) is 19.4. The number of aryl methyl sites for hydroxylation is 1. The Balaban J connectivity index is 1.55.